The van der Waals surface area contributed by atoms with Crippen molar-refractivity contribution in [2.45, 2.75) is 90.6 Å². The van der Waals surface area contributed by atoms with Gasteiger partial charge in [0.05, 0.1) is 23.4 Å². The summed E-state index contributed by atoms with van der Waals surface area (Å²) in [5, 5.41) is 12.1. The lowest BCUT2D eigenvalue weighted by atomic mass is 9.86. The predicted octanol–water partition coefficient (Wildman–Crippen LogP) is 5.53. The van der Waals surface area contributed by atoms with Crippen LogP contribution in [0.25, 0.3) is 22.4 Å². The van der Waals surface area contributed by atoms with Crippen LogP contribution in [-0.2, 0) is 31.0 Å². The summed E-state index contributed by atoms with van der Waals surface area (Å²) in [6, 6.07) is 20.0. The number of carbonyl (C=O) groups excluding carboxylic acids is 5. The maximum Gasteiger partial charge on any atom is 0.226 e. The van der Waals surface area contributed by atoms with E-state index < -0.39 is 47.3 Å². The van der Waals surface area contributed by atoms with Crippen LogP contribution in [-0.4, -0.2) is 85.0 Å². The van der Waals surface area contributed by atoms with Gasteiger partial charge < -0.3 is 42.6 Å². The van der Waals surface area contributed by atoms with Gasteiger partial charge in [0.1, 0.15) is 36.6 Å². The Bertz CT molecular complexity index is 2430. The molecule has 3 aromatic carbocycles. The van der Waals surface area contributed by atoms with E-state index in [-0.39, 0.29) is 94.0 Å². The number of ketones is 3. The highest BCUT2D eigenvalue weighted by Gasteiger charge is 2.36. The number of nitrogen functional groups attached to an aromatic ring is 1. The number of hydrogen-bond donors (Lipinski definition) is 5. The van der Waals surface area contributed by atoms with Crippen molar-refractivity contribution in [3.05, 3.63) is 94.5 Å². The number of likely N-dealkylation sites (N-methyl/N-ethyl adjacent to an activating group) is 1. The number of rotatable bonds is 17. The number of pyridine rings is 1. The molecule has 350 valence electrons. The van der Waals surface area contributed by atoms with Crippen LogP contribution in [0.2, 0.25) is 0 Å². The molecule has 0 spiro atoms. The molecule has 0 saturated heterocycles. The molecule has 15 heteroatoms. The number of aromatic nitrogens is 1. The summed E-state index contributed by atoms with van der Waals surface area (Å²) in [4.78, 5) is 77.0. The highest BCUT2D eigenvalue weighted by Crippen LogP contribution is 2.41. The number of anilines is 1. The molecule has 0 aliphatic carbocycles. The summed E-state index contributed by atoms with van der Waals surface area (Å²) >= 11 is 0. The first-order valence-corrected chi connectivity index (χ1v) is 22.5. The zero-order valence-corrected chi connectivity index (χ0v) is 38.9. The van der Waals surface area contributed by atoms with E-state index >= 15 is 0 Å². The molecule has 0 saturated carbocycles. The topological polar surface area (TPSA) is 260 Å². The third-order valence-electron chi connectivity index (χ3n) is 11.9. The molecule has 4 atom stereocenters. The Morgan fingerprint density at radius 1 is 0.909 bits per heavy atom. The fraction of sp³-hybridized carbons (Fsp3) is 0.431. The van der Waals surface area contributed by atoms with Crippen LogP contribution in [0.4, 0.5) is 5.82 Å². The molecule has 9 N–H and O–H groups in total. The molecule has 1 aliphatic heterocycles. The normalized spacial score (nSPS) is 16.9. The van der Waals surface area contributed by atoms with Gasteiger partial charge in [-0.25, -0.2) is 4.98 Å². The van der Waals surface area contributed by atoms with E-state index in [1.165, 1.54) is 11.9 Å². The minimum absolute atomic E-state index is 0.0347. The average Bonchev–Trinajstić information content (AvgIpc) is 3.28. The van der Waals surface area contributed by atoms with Crippen LogP contribution in [0, 0.1) is 30.1 Å². The number of benzene rings is 3. The Kier molecular flexibility index (Phi) is 17.3. The highest BCUT2D eigenvalue weighted by atomic mass is 16.5. The van der Waals surface area contributed by atoms with Gasteiger partial charge >= 0.3 is 0 Å². The van der Waals surface area contributed by atoms with Crippen molar-refractivity contribution >= 4 is 35.0 Å². The van der Waals surface area contributed by atoms with Crippen LogP contribution >= 0.6 is 0 Å². The SMILES string of the molecule is Cc1cc(-c2ccc(C(C)(C)C)cc2)nc(N)c1C(=O)C[C@@H](CCN)C(=O)N(C)[C@@H]1C(=O)C[C@@H](C)C(=O)N[C@H](C(=O)CCC#N)Cc2ccc(OCCN)c(c2)-c2cc1ccc2OCCN. The van der Waals surface area contributed by atoms with Crippen LogP contribution in [0.3, 0.4) is 0 Å². The summed E-state index contributed by atoms with van der Waals surface area (Å²) in [5.74, 6) is -3.28. The second-order valence-corrected chi connectivity index (χ2v) is 18.0. The molecule has 0 fully saturated rings. The Morgan fingerprint density at radius 3 is 2.14 bits per heavy atom. The molecule has 5 rings (SSSR count). The fourth-order valence-electron chi connectivity index (χ4n) is 8.32. The molecule has 1 aromatic heterocycles. The van der Waals surface area contributed by atoms with Crippen molar-refractivity contribution in [3.63, 3.8) is 0 Å². The summed E-state index contributed by atoms with van der Waals surface area (Å²) in [6.45, 7) is 10.6. The minimum Gasteiger partial charge on any atom is -0.492 e. The number of hydrogen-bond acceptors (Lipinski definition) is 13. The third-order valence-corrected chi connectivity index (χ3v) is 11.9. The Morgan fingerprint density at radius 2 is 1.55 bits per heavy atom. The van der Waals surface area contributed by atoms with Gasteiger partial charge in [-0.2, -0.15) is 5.26 Å². The number of Topliss-reactive ketones (excluding diaryl/α,β-unsaturated/α-hetero) is 3. The Hall–Kier alpha value is -6.47. The maximum atomic E-state index is 14.8. The summed E-state index contributed by atoms with van der Waals surface area (Å²) in [7, 11) is 1.49. The first kappa shape index (κ1) is 50.5. The molecule has 0 radical (unpaired) electrons. The van der Waals surface area contributed by atoms with E-state index in [4.69, 9.17) is 32.4 Å². The van der Waals surface area contributed by atoms with Crippen LogP contribution < -0.4 is 37.7 Å². The molecule has 2 amide bonds. The zero-order valence-electron chi connectivity index (χ0n) is 38.9. The number of nitrogens with zero attached hydrogens (tertiary/aromatic N) is 3. The summed E-state index contributed by atoms with van der Waals surface area (Å²) < 4.78 is 12.3. The summed E-state index contributed by atoms with van der Waals surface area (Å²) in [6.07, 6.45) is -0.479. The average molecular weight is 901 g/mol. The van der Waals surface area contributed by atoms with E-state index in [0.29, 0.717) is 45.0 Å². The molecule has 4 aromatic rings. The van der Waals surface area contributed by atoms with E-state index in [0.717, 1.165) is 11.1 Å². The lowest BCUT2D eigenvalue weighted by Gasteiger charge is -2.32. The first-order chi connectivity index (χ1) is 31.4. The first-order valence-electron chi connectivity index (χ1n) is 22.5. The number of fused-ring (bicyclic) bond motifs is 5. The highest BCUT2D eigenvalue weighted by molar-refractivity contribution is 6.04. The fourth-order valence-corrected chi connectivity index (χ4v) is 8.32. The van der Waals surface area contributed by atoms with E-state index in [1.807, 2.05) is 36.4 Å². The molecule has 66 heavy (non-hydrogen) atoms. The minimum atomic E-state index is -1.25. The van der Waals surface area contributed by atoms with Crippen LogP contribution in [0.5, 0.6) is 11.5 Å². The van der Waals surface area contributed by atoms with Gasteiger partial charge in [0, 0.05) is 74.3 Å². The quantitative estimate of drug-likeness (QED) is 0.0819. The molecule has 4 bridgehead atoms. The molecular formula is C51H64N8O7. The number of ether oxygens (including phenoxy) is 2. The lowest BCUT2D eigenvalue weighted by Crippen LogP contribution is -2.46. The number of nitrogens with one attached hydrogen (secondary N) is 1. The Balaban J connectivity index is 1.57. The third kappa shape index (κ3) is 12.2. The molecule has 15 nitrogen and oxygen atoms in total. The molecule has 0 unspecified atom stereocenters. The second kappa shape index (κ2) is 22.6. The molecule has 1 aliphatic rings. The van der Waals surface area contributed by atoms with Crippen molar-refractivity contribution < 1.29 is 33.4 Å². The van der Waals surface area contributed by atoms with Gasteiger partial charge in [0.15, 0.2) is 17.3 Å². The van der Waals surface area contributed by atoms with E-state index in [2.05, 4.69) is 31.1 Å². The van der Waals surface area contributed by atoms with Gasteiger partial charge in [-0.05, 0) is 84.3 Å². The number of nitrogens with two attached hydrogens (primary N) is 4. The zero-order chi connectivity index (χ0) is 48.3. The van der Waals surface area contributed by atoms with Crippen LogP contribution in [0.15, 0.2) is 66.7 Å². The number of aryl methyl sites for hydroxylation is 1. The maximum absolute atomic E-state index is 14.8. The van der Waals surface area contributed by atoms with Gasteiger partial charge in [-0.1, -0.05) is 64.1 Å². The van der Waals surface area contributed by atoms with Crippen LogP contribution in [0.1, 0.15) is 98.5 Å². The second-order valence-electron chi connectivity index (χ2n) is 18.0. The molecular weight excluding hydrogens is 837 g/mol. The lowest BCUT2D eigenvalue weighted by molar-refractivity contribution is -0.142. The number of nitriles is 1. The summed E-state index contributed by atoms with van der Waals surface area (Å²) in [5.41, 5.74) is 29.8. The van der Waals surface area contributed by atoms with Crippen molar-refractivity contribution in [1.82, 2.24) is 15.2 Å². The molecule has 2 heterocycles. The number of carbonyl (C=O) groups is 5. The van der Waals surface area contributed by atoms with Gasteiger partial charge in [-0.15, -0.1) is 0 Å². The van der Waals surface area contributed by atoms with Gasteiger partial charge in [-0.3, -0.25) is 24.0 Å². The Labute approximate surface area is 387 Å². The monoisotopic (exact) mass is 900 g/mol. The largest absolute Gasteiger partial charge is 0.492 e. The van der Waals surface area contributed by atoms with Crippen molar-refractivity contribution in [3.8, 4) is 40.0 Å². The van der Waals surface area contributed by atoms with E-state index in [9.17, 15) is 29.2 Å². The van der Waals surface area contributed by atoms with Gasteiger partial charge in [0.25, 0.3) is 0 Å². The van der Waals surface area contributed by atoms with Gasteiger partial charge in [0.2, 0.25) is 11.8 Å². The van der Waals surface area contributed by atoms with Crippen molar-refractivity contribution in [2.24, 2.45) is 29.0 Å². The van der Waals surface area contributed by atoms with Crippen molar-refractivity contribution in [2.75, 3.05) is 45.6 Å². The predicted molar refractivity (Wildman–Crippen MR) is 254 cm³/mol. The van der Waals surface area contributed by atoms with Crippen molar-refractivity contribution in [1.29, 1.82) is 5.26 Å². The smallest absolute Gasteiger partial charge is 0.226 e. The number of amides is 2. The van der Waals surface area contributed by atoms with E-state index in [1.54, 1.807) is 50.2 Å². The standard InChI is InChI=1S/C51H64N8O7/c1-30-24-39(33-10-13-36(14-11-33)51(3,4)5)57-48(56)46(30)42(61)29-35(17-19-53)50(64)59(6)47-34-12-16-45(66-23-21-55)38(28-34)37-26-32(9-15-44(37)65-22-20-54)27-40(41(60)8-7-18-52)58-49(63)31(2)25-43(47)62/h9-16,24,26,28,31,35,40,47H,7-8,17,19-23,25,27,29,53-55H2,1-6H3,(H2,56,57)(H,58,63)/t31-,35-,40+,47+/m1/s1.